The molecule has 0 saturated carbocycles. The molecule has 0 saturated heterocycles. The van der Waals surface area contributed by atoms with Crippen LogP contribution >= 0.6 is 0 Å². The summed E-state index contributed by atoms with van der Waals surface area (Å²) >= 11 is 0. The summed E-state index contributed by atoms with van der Waals surface area (Å²) in [6.07, 6.45) is 0. The van der Waals surface area contributed by atoms with E-state index in [4.69, 9.17) is 4.74 Å². The van der Waals surface area contributed by atoms with Gasteiger partial charge in [-0.25, -0.2) is 4.90 Å². The lowest BCUT2D eigenvalue weighted by molar-refractivity contribution is 0.0926. The van der Waals surface area contributed by atoms with Crippen molar-refractivity contribution in [2.75, 3.05) is 4.90 Å². The monoisotopic (exact) mass is 405 g/mol. The van der Waals surface area contributed by atoms with Gasteiger partial charge in [-0.15, -0.1) is 0 Å². The zero-order valence-electron chi connectivity index (χ0n) is 16.7. The van der Waals surface area contributed by atoms with E-state index in [-0.39, 0.29) is 11.8 Å². The maximum atomic E-state index is 12.7. The molecular weight excluding hydrogens is 386 g/mol. The molecule has 150 valence electrons. The highest BCUT2D eigenvalue weighted by molar-refractivity contribution is 6.34. The number of carbonyl (C=O) groups is 2. The molecule has 1 aliphatic rings. The maximum absolute atomic E-state index is 12.7. The van der Waals surface area contributed by atoms with Gasteiger partial charge >= 0.3 is 0 Å². The number of anilines is 1. The van der Waals surface area contributed by atoms with Crippen LogP contribution in [0.2, 0.25) is 0 Å². The standard InChI is InChI=1S/C27H19NO3/c29-26-24-8-4-5-9-25(24)27(30)28(26)22-14-10-20(11-15-22)21-12-16-23(17-13-21)31-18-19-6-2-1-3-7-19/h1-17H,18H2. The first-order valence-electron chi connectivity index (χ1n) is 10.1. The first-order valence-corrected chi connectivity index (χ1v) is 10.1. The Bertz CT molecular complexity index is 1210. The number of imide groups is 1. The molecule has 0 radical (unpaired) electrons. The van der Waals surface area contributed by atoms with Crippen LogP contribution < -0.4 is 9.64 Å². The van der Waals surface area contributed by atoms with E-state index in [0.29, 0.717) is 23.4 Å². The van der Waals surface area contributed by atoms with Crippen LogP contribution in [0.1, 0.15) is 26.3 Å². The molecule has 0 atom stereocenters. The van der Waals surface area contributed by atoms with E-state index in [1.165, 1.54) is 4.90 Å². The van der Waals surface area contributed by atoms with E-state index in [2.05, 4.69) is 0 Å². The Hall–Kier alpha value is -4.18. The van der Waals surface area contributed by atoms with Crippen molar-refractivity contribution in [3.8, 4) is 16.9 Å². The summed E-state index contributed by atoms with van der Waals surface area (Å²) < 4.78 is 5.84. The fraction of sp³-hybridized carbons (Fsp3) is 0.0370. The third kappa shape index (κ3) is 3.60. The van der Waals surface area contributed by atoms with E-state index in [1.807, 2.05) is 66.7 Å². The molecule has 4 nitrogen and oxygen atoms in total. The van der Waals surface area contributed by atoms with Crippen molar-refractivity contribution in [3.05, 3.63) is 120 Å². The minimum absolute atomic E-state index is 0.284. The van der Waals surface area contributed by atoms with Gasteiger partial charge in [0.05, 0.1) is 16.8 Å². The lowest BCUT2D eigenvalue weighted by atomic mass is 10.1. The number of benzene rings is 4. The largest absolute Gasteiger partial charge is 0.489 e. The zero-order valence-corrected chi connectivity index (χ0v) is 16.7. The lowest BCUT2D eigenvalue weighted by Gasteiger charge is -2.14. The molecule has 0 bridgehead atoms. The van der Waals surface area contributed by atoms with Crippen LogP contribution in [-0.4, -0.2) is 11.8 Å². The number of hydrogen-bond donors (Lipinski definition) is 0. The Kier molecular flexibility index (Phi) is 4.81. The van der Waals surface area contributed by atoms with E-state index in [9.17, 15) is 9.59 Å². The SMILES string of the molecule is O=C1c2ccccc2C(=O)N1c1ccc(-c2ccc(OCc3ccccc3)cc2)cc1. The van der Waals surface area contributed by atoms with Crippen LogP contribution in [-0.2, 0) is 6.61 Å². The lowest BCUT2D eigenvalue weighted by Crippen LogP contribution is -2.29. The summed E-state index contributed by atoms with van der Waals surface area (Å²) in [5, 5.41) is 0. The van der Waals surface area contributed by atoms with Crippen molar-refractivity contribution in [2.24, 2.45) is 0 Å². The van der Waals surface area contributed by atoms with Crippen molar-refractivity contribution in [2.45, 2.75) is 6.61 Å². The van der Waals surface area contributed by atoms with Gasteiger partial charge in [-0.05, 0) is 53.1 Å². The van der Waals surface area contributed by atoms with Gasteiger partial charge in [-0.2, -0.15) is 0 Å². The molecule has 4 heteroatoms. The summed E-state index contributed by atoms with van der Waals surface area (Å²) in [5.74, 6) is 0.233. The molecule has 4 aromatic carbocycles. The van der Waals surface area contributed by atoms with Gasteiger partial charge in [-0.3, -0.25) is 9.59 Å². The van der Waals surface area contributed by atoms with E-state index in [1.54, 1.807) is 36.4 Å². The maximum Gasteiger partial charge on any atom is 0.266 e. The van der Waals surface area contributed by atoms with Gasteiger partial charge in [0.25, 0.3) is 11.8 Å². The number of nitrogens with zero attached hydrogens (tertiary/aromatic N) is 1. The highest BCUT2D eigenvalue weighted by atomic mass is 16.5. The summed E-state index contributed by atoms with van der Waals surface area (Å²) in [5.41, 5.74) is 4.61. The topological polar surface area (TPSA) is 46.6 Å². The minimum atomic E-state index is -0.284. The van der Waals surface area contributed by atoms with Crippen molar-refractivity contribution >= 4 is 17.5 Å². The molecule has 0 spiro atoms. The number of amides is 2. The average Bonchev–Trinajstić information content (AvgIpc) is 3.09. The molecule has 0 fully saturated rings. The Morgan fingerprint density at radius 3 is 1.68 bits per heavy atom. The fourth-order valence-electron chi connectivity index (χ4n) is 3.71. The van der Waals surface area contributed by atoms with Crippen LogP contribution in [0.15, 0.2) is 103 Å². The third-order valence-corrected chi connectivity index (χ3v) is 5.36. The number of hydrogen-bond acceptors (Lipinski definition) is 3. The molecule has 0 N–H and O–H groups in total. The molecule has 0 aliphatic carbocycles. The third-order valence-electron chi connectivity index (χ3n) is 5.36. The van der Waals surface area contributed by atoms with Crippen molar-refractivity contribution in [1.29, 1.82) is 0 Å². The number of rotatable bonds is 5. The molecule has 0 unspecified atom stereocenters. The van der Waals surface area contributed by atoms with Crippen molar-refractivity contribution in [1.82, 2.24) is 0 Å². The van der Waals surface area contributed by atoms with E-state index < -0.39 is 0 Å². The van der Waals surface area contributed by atoms with Gasteiger partial charge in [0.15, 0.2) is 0 Å². The van der Waals surface area contributed by atoms with Gasteiger partial charge < -0.3 is 4.74 Å². The highest BCUT2D eigenvalue weighted by Gasteiger charge is 2.36. The van der Waals surface area contributed by atoms with Crippen molar-refractivity contribution in [3.63, 3.8) is 0 Å². The average molecular weight is 405 g/mol. The van der Waals surface area contributed by atoms with Gasteiger partial charge in [-0.1, -0.05) is 66.7 Å². The number of carbonyl (C=O) groups excluding carboxylic acids is 2. The second kappa shape index (κ2) is 7.92. The van der Waals surface area contributed by atoms with Crippen LogP contribution in [0.5, 0.6) is 5.75 Å². The highest BCUT2D eigenvalue weighted by Crippen LogP contribution is 2.30. The minimum Gasteiger partial charge on any atom is -0.489 e. The summed E-state index contributed by atoms with van der Waals surface area (Å²) in [4.78, 5) is 26.5. The van der Waals surface area contributed by atoms with Crippen LogP contribution in [0.4, 0.5) is 5.69 Å². The second-order valence-electron chi connectivity index (χ2n) is 7.34. The fourth-order valence-corrected chi connectivity index (χ4v) is 3.71. The van der Waals surface area contributed by atoms with Crippen molar-refractivity contribution < 1.29 is 14.3 Å². The molecule has 31 heavy (non-hydrogen) atoms. The number of fused-ring (bicyclic) bond motifs is 1. The normalized spacial score (nSPS) is 12.7. The molecule has 4 aromatic rings. The van der Waals surface area contributed by atoms with Crippen LogP contribution in [0.25, 0.3) is 11.1 Å². The van der Waals surface area contributed by atoms with Gasteiger partial charge in [0.2, 0.25) is 0 Å². The molecule has 2 amide bonds. The Balaban J connectivity index is 1.30. The van der Waals surface area contributed by atoms with E-state index in [0.717, 1.165) is 22.4 Å². The van der Waals surface area contributed by atoms with Gasteiger partial charge in [0, 0.05) is 0 Å². The summed E-state index contributed by atoms with van der Waals surface area (Å²) in [6, 6.07) is 32.3. The molecule has 0 aromatic heterocycles. The molecule has 1 aliphatic heterocycles. The van der Waals surface area contributed by atoms with E-state index >= 15 is 0 Å². The predicted molar refractivity (Wildman–Crippen MR) is 120 cm³/mol. The quantitative estimate of drug-likeness (QED) is 0.398. The Morgan fingerprint density at radius 2 is 1.10 bits per heavy atom. The van der Waals surface area contributed by atoms with Gasteiger partial charge in [0.1, 0.15) is 12.4 Å². The predicted octanol–water partition coefficient (Wildman–Crippen LogP) is 5.73. The summed E-state index contributed by atoms with van der Waals surface area (Å²) in [6.45, 7) is 0.523. The second-order valence-corrected chi connectivity index (χ2v) is 7.34. The molecule has 5 rings (SSSR count). The number of ether oxygens (including phenoxy) is 1. The molecule has 1 heterocycles. The zero-order chi connectivity index (χ0) is 21.2. The smallest absolute Gasteiger partial charge is 0.266 e. The Labute approximate surface area is 180 Å². The van der Waals surface area contributed by atoms with Crippen LogP contribution in [0, 0.1) is 0 Å². The van der Waals surface area contributed by atoms with Crippen LogP contribution in [0.3, 0.4) is 0 Å². The first kappa shape index (κ1) is 18.8. The first-order chi connectivity index (χ1) is 15.2. The summed E-state index contributed by atoms with van der Waals surface area (Å²) in [7, 11) is 0. The molecular formula is C27H19NO3. The Morgan fingerprint density at radius 1 is 0.581 bits per heavy atom.